The molecule has 88 valence electrons. The second kappa shape index (κ2) is 9.33. The Labute approximate surface area is 84.3 Å². The Kier molecular flexibility index (Phi) is 10.8. The maximum Gasteiger partial charge on any atom is 0.156 e. The molecule has 0 spiro atoms. The van der Waals surface area contributed by atoms with Crippen LogP contribution in [-0.2, 0) is 4.74 Å². The zero-order chi connectivity index (χ0) is 11.6. The lowest BCUT2D eigenvalue weighted by molar-refractivity contribution is -0.127. The van der Waals surface area contributed by atoms with Crippen LogP contribution in [0.15, 0.2) is 0 Å². The van der Waals surface area contributed by atoms with E-state index in [9.17, 15) is 4.39 Å². The minimum Gasteiger partial charge on any atom is -0.394 e. The van der Waals surface area contributed by atoms with Crippen molar-refractivity contribution in [2.45, 2.75) is 38.6 Å². The normalized spacial score (nSPS) is 20.4. The van der Waals surface area contributed by atoms with Crippen LogP contribution in [0.4, 0.5) is 4.39 Å². The van der Waals surface area contributed by atoms with Crippen LogP contribution in [-0.4, -0.2) is 47.6 Å². The fourth-order valence-electron chi connectivity index (χ4n) is 0.788. The first-order valence-corrected chi connectivity index (χ1v) is 4.48. The average Bonchev–Trinajstić information content (AvgIpc) is 2.56. The van der Waals surface area contributed by atoms with E-state index in [4.69, 9.17) is 20.1 Å². The molecule has 0 amide bonds. The van der Waals surface area contributed by atoms with Crippen LogP contribution in [0.3, 0.4) is 0 Å². The lowest BCUT2D eigenvalue weighted by atomic mass is 10.2. The second-order valence-electron chi connectivity index (χ2n) is 3.31. The van der Waals surface area contributed by atoms with Gasteiger partial charge in [-0.15, -0.1) is 0 Å². The monoisotopic (exact) mass is 212 g/mol. The van der Waals surface area contributed by atoms with E-state index in [0.717, 1.165) is 19.4 Å². The number of aliphatic hydroxyl groups is 3. The van der Waals surface area contributed by atoms with Crippen LogP contribution in [0.2, 0.25) is 0 Å². The Bertz CT molecular complexity index is 102. The third-order valence-electron chi connectivity index (χ3n) is 1.23. The van der Waals surface area contributed by atoms with Crippen LogP contribution < -0.4 is 0 Å². The van der Waals surface area contributed by atoms with Crippen molar-refractivity contribution in [2.75, 3.05) is 20.4 Å². The summed E-state index contributed by atoms with van der Waals surface area (Å²) < 4.78 is 14.6. The average molecular weight is 212 g/mol. The molecule has 1 aliphatic heterocycles. The number of hydrogen-bond acceptors (Lipinski definition) is 4. The minimum atomic E-state index is -1.50. The molecule has 0 saturated carbocycles. The first-order chi connectivity index (χ1) is 6.43. The molecule has 0 radical (unpaired) electrons. The Morgan fingerprint density at radius 2 is 1.79 bits per heavy atom. The molecule has 1 saturated heterocycles. The van der Waals surface area contributed by atoms with Crippen molar-refractivity contribution in [1.29, 1.82) is 0 Å². The van der Waals surface area contributed by atoms with Gasteiger partial charge in [0, 0.05) is 6.61 Å². The van der Waals surface area contributed by atoms with E-state index < -0.39 is 5.79 Å². The van der Waals surface area contributed by atoms with Gasteiger partial charge in [0.05, 0.1) is 19.9 Å². The molecule has 1 aliphatic rings. The third-order valence-corrected chi connectivity index (χ3v) is 1.23. The Balaban J connectivity index is 0. The maximum atomic E-state index is 9.50. The summed E-state index contributed by atoms with van der Waals surface area (Å²) in [5, 5.41) is 24.6. The molecule has 1 unspecified atom stereocenters. The Hall–Kier alpha value is -0.230. The van der Waals surface area contributed by atoms with Crippen molar-refractivity contribution in [3.05, 3.63) is 0 Å². The minimum absolute atomic E-state index is 0.153. The van der Waals surface area contributed by atoms with Crippen molar-refractivity contribution in [3.8, 4) is 0 Å². The van der Waals surface area contributed by atoms with Crippen LogP contribution in [0.25, 0.3) is 0 Å². The smallest absolute Gasteiger partial charge is 0.156 e. The van der Waals surface area contributed by atoms with Gasteiger partial charge in [-0.3, -0.25) is 4.39 Å². The summed E-state index contributed by atoms with van der Waals surface area (Å²) >= 11 is 0. The second-order valence-corrected chi connectivity index (χ2v) is 3.31. The Morgan fingerprint density at radius 3 is 1.93 bits per heavy atom. The maximum absolute atomic E-state index is 9.50. The van der Waals surface area contributed by atoms with E-state index >= 15 is 0 Å². The van der Waals surface area contributed by atoms with E-state index in [1.165, 1.54) is 13.8 Å². The van der Waals surface area contributed by atoms with Gasteiger partial charge >= 0.3 is 0 Å². The van der Waals surface area contributed by atoms with Gasteiger partial charge in [-0.05, 0) is 26.7 Å². The summed E-state index contributed by atoms with van der Waals surface area (Å²) in [6.45, 7) is 3.63. The zero-order valence-electron chi connectivity index (χ0n) is 9.03. The molecule has 1 atom stereocenters. The van der Waals surface area contributed by atoms with E-state index in [0.29, 0.717) is 7.18 Å². The van der Waals surface area contributed by atoms with E-state index in [2.05, 4.69) is 0 Å². The number of aliphatic hydroxyl groups excluding tert-OH is 1. The SMILES string of the molecule is CC(C)(O)O.CF.OCC1CCCO1. The molecule has 0 aromatic carbocycles. The van der Waals surface area contributed by atoms with Gasteiger partial charge in [0.2, 0.25) is 0 Å². The van der Waals surface area contributed by atoms with Crippen molar-refractivity contribution >= 4 is 0 Å². The summed E-state index contributed by atoms with van der Waals surface area (Å²) in [6.07, 6.45) is 2.31. The highest BCUT2D eigenvalue weighted by atomic mass is 19.1. The van der Waals surface area contributed by atoms with Gasteiger partial charge in [0.1, 0.15) is 0 Å². The number of alkyl halides is 1. The van der Waals surface area contributed by atoms with Crippen molar-refractivity contribution in [3.63, 3.8) is 0 Å². The fraction of sp³-hybridized carbons (Fsp3) is 1.00. The van der Waals surface area contributed by atoms with Gasteiger partial charge < -0.3 is 20.1 Å². The standard InChI is InChI=1S/C5H10O2.C3H8O2.CH3F/c6-4-5-2-1-3-7-5;1-3(2,4)5;1-2/h5-6H,1-4H2;4-5H,1-2H3;1H3. The van der Waals surface area contributed by atoms with Crippen molar-refractivity contribution < 1.29 is 24.4 Å². The molecule has 5 heteroatoms. The van der Waals surface area contributed by atoms with Gasteiger partial charge in [0.15, 0.2) is 5.79 Å². The molecular formula is C9H21FO4. The van der Waals surface area contributed by atoms with Crippen LogP contribution >= 0.6 is 0 Å². The molecule has 4 nitrogen and oxygen atoms in total. The third kappa shape index (κ3) is 17.8. The molecule has 3 N–H and O–H groups in total. The largest absolute Gasteiger partial charge is 0.394 e. The molecule has 1 heterocycles. The topological polar surface area (TPSA) is 69.9 Å². The molecular weight excluding hydrogens is 191 g/mol. The van der Waals surface area contributed by atoms with Gasteiger partial charge in [-0.25, -0.2) is 0 Å². The van der Waals surface area contributed by atoms with Crippen LogP contribution in [0, 0.1) is 0 Å². The highest BCUT2D eigenvalue weighted by Gasteiger charge is 2.12. The number of halogens is 1. The summed E-state index contributed by atoms with van der Waals surface area (Å²) in [5.74, 6) is -1.50. The highest BCUT2D eigenvalue weighted by molar-refractivity contribution is 4.61. The summed E-state index contributed by atoms with van der Waals surface area (Å²) in [5.41, 5.74) is 0. The highest BCUT2D eigenvalue weighted by Crippen LogP contribution is 2.09. The van der Waals surface area contributed by atoms with Gasteiger partial charge in [-0.1, -0.05) is 0 Å². The molecule has 1 rings (SSSR count). The first kappa shape index (κ1) is 16.2. The Morgan fingerprint density at radius 1 is 1.36 bits per heavy atom. The quantitative estimate of drug-likeness (QED) is 0.552. The lowest BCUT2D eigenvalue weighted by Crippen LogP contribution is -2.15. The van der Waals surface area contributed by atoms with E-state index in [1.807, 2.05) is 0 Å². The van der Waals surface area contributed by atoms with Crippen molar-refractivity contribution in [1.82, 2.24) is 0 Å². The first-order valence-electron chi connectivity index (χ1n) is 4.48. The summed E-state index contributed by atoms with van der Waals surface area (Å²) in [6, 6.07) is 0. The molecule has 1 fully saturated rings. The van der Waals surface area contributed by atoms with E-state index in [1.54, 1.807) is 0 Å². The molecule has 0 aromatic heterocycles. The van der Waals surface area contributed by atoms with Crippen LogP contribution in [0.1, 0.15) is 26.7 Å². The molecule has 14 heavy (non-hydrogen) atoms. The summed E-state index contributed by atoms with van der Waals surface area (Å²) in [4.78, 5) is 0. The van der Waals surface area contributed by atoms with Gasteiger partial charge in [0.25, 0.3) is 0 Å². The molecule has 0 aliphatic carbocycles. The zero-order valence-corrected chi connectivity index (χ0v) is 9.03. The van der Waals surface area contributed by atoms with Crippen molar-refractivity contribution in [2.24, 2.45) is 0 Å². The van der Waals surface area contributed by atoms with Gasteiger partial charge in [-0.2, -0.15) is 0 Å². The molecule has 0 aromatic rings. The lowest BCUT2D eigenvalue weighted by Gasteiger charge is -2.03. The number of ether oxygens (including phenoxy) is 1. The number of rotatable bonds is 1. The predicted molar refractivity (Wildman–Crippen MR) is 51.6 cm³/mol. The number of hydrogen-bond donors (Lipinski definition) is 3. The fourth-order valence-corrected chi connectivity index (χ4v) is 0.788. The van der Waals surface area contributed by atoms with Crippen LogP contribution in [0.5, 0.6) is 0 Å². The predicted octanol–water partition coefficient (Wildman–Crippen LogP) is 0.451. The molecule has 0 bridgehead atoms. The van der Waals surface area contributed by atoms with E-state index in [-0.39, 0.29) is 12.7 Å². The summed E-state index contributed by atoms with van der Waals surface area (Å²) in [7, 11) is 0.500.